The minimum atomic E-state index is -2.27. The van der Waals surface area contributed by atoms with Crippen molar-refractivity contribution in [2.45, 2.75) is 6.10 Å². The molecule has 0 bridgehead atoms. The molecule has 0 aromatic heterocycles. The first-order chi connectivity index (χ1) is 6.26. The van der Waals surface area contributed by atoms with E-state index < -0.39 is 8.56 Å². The monoisotopic (exact) mass is 204 g/mol. The van der Waals surface area contributed by atoms with Crippen molar-refractivity contribution in [3.63, 3.8) is 0 Å². The second kappa shape index (κ2) is 4.87. The Hall–Kier alpha value is -0.203. The maximum absolute atomic E-state index is 5.41. The molecule has 0 saturated carbocycles. The Morgan fingerprint density at radius 1 is 1.54 bits per heavy atom. The molecule has 1 unspecified atom stereocenters. The molecule has 0 N–H and O–H groups in total. The molecule has 0 aromatic carbocycles. The highest BCUT2D eigenvalue weighted by molar-refractivity contribution is 6.72. The van der Waals surface area contributed by atoms with Crippen LogP contribution in [0.15, 0.2) is 12.3 Å². The summed E-state index contributed by atoms with van der Waals surface area (Å²) < 4.78 is 21.0. The summed E-state index contributed by atoms with van der Waals surface area (Å²) in [6, 6.07) is 0. The molecule has 1 saturated heterocycles. The highest BCUT2D eigenvalue weighted by atomic mass is 28.4. The average molecular weight is 204 g/mol. The molecule has 5 heteroatoms. The first-order valence-corrected chi connectivity index (χ1v) is 6.29. The van der Waals surface area contributed by atoms with Gasteiger partial charge in [-0.2, -0.15) is 0 Å². The SMILES string of the molecule is C=C[Si](COCC1CO1)(OC)OC. The van der Waals surface area contributed by atoms with Crippen molar-refractivity contribution in [3.05, 3.63) is 12.3 Å². The van der Waals surface area contributed by atoms with Gasteiger partial charge in [0.15, 0.2) is 0 Å². The average Bonchev–Trinajstić information content (AvgIpc) is 2.97. The lowest BCUT2D eigenvalue weighted by Gasteiger charge is -2.22. The highest BCUT2D eigenvalue weighted by Gasteiger charge is 2.33. The summed E-state index contributed by atoms with van der Waals surface area (Å²) in [6.45, 7) is 5.12. The van der Waals surface area contributed by atoms with Crippen molar-refractivity contribution in [1.82, 2.24) is 0 Å². The van der Waals surface area contributed by atoms with Gasteiger partial charge in [-0.25, -0.2) is 0 Å². The fourth-order valence-corrected chi connectivity index (χ4v) is 2.18. The predicted octanol–water partition coefficient (Wildman–Crippen LogP) is 0.401. The van der Waals surface area contributed by atoms with Gasteiger partial charge in [-0.15, -0.1) is 6.58 Å². The molecule has 1 atom stereocenters. The van der Waals surface area contributed by atoms with Gasteiger partial charge in [0, 0.05) is 14.2 Å². The summed E-state index contributed by atoms with van der Waals surface area (Å²) in [5, 5.41) is 0. The van der Waals surface area contributed by atoms with Crippen LogP contribution in [0, 0.1) is 0 Å². The van der Waals surface area contributed by atoms with Gasteiger partial charge < -0.3 is 18.3 Å². The molecule has 1 fully saturated rings. The van der Waals surface area contributed by atoms with Gasteiger partial charge in [0.25, 0.3) is 0 Å². The van der Waals surface area contributed by atoms with Crippen LogP contribution in [0.2, 0.25) is 0 Å². The van der Waals surface area contributed by atoms with Crippen molar-refractivity contribution in [1.29, 1.82) is 0 Å². The Balaban J connectivity index is 2.23. The first kappa shape index (κ1) is 10.9. The molecular weight excluding hydrogens is 188 g/mol. The van der Waals surface area contributed by atoms with Crippen LogP contribution < -0.4 is 0 Å². The number of epoxide rings is 1. The van der Waals surface area contributed by atoms with Gasteiger partial charge >= 0.3 is 8.56 Å². The van der Waals surface area contributed by atoms with Crippen molar-refractivity contribution in [3.8, 4) is 0 Å². The Kier molecular flexibility index (Phi) is 4.08. The maximum atomic E-state index is 5.41. The number of hydrogen-bond donors (Lipinski definition) is 0. The molecule has 1 heterocycles. The molecule has 13 heavy (non-hydrogen) atoms. The van der Waals surface area contributed by atoms with Gasteiger partial charge in [0.1, 0.15) is 6.10 Å². The smallest absolute Gasteiger partial charge is 0.390 e. The van der Waals surface area contributed by atoms with Crippen LogP contribution >= 0.6 is 0 Å². The van der Waals surface area contributed by atoms with E-state index in [1.165, 1.54) is 0 Å². The van der Waals surface area contributed by atoms with Crippen molar-refractivity contribution in [2.24, 2.45) is 0 Å². The number of hydrogen-bond acceptors (Lipinski definition) is 4. The van der Waals surface area contributed by atoms with E-state index in [0.29, 0.717) is 12.8 Å². The van der Waals surface area contributed by atoms with Crippen LogP contribution in [0.1, 0.15) is 0 Å². The third-order valence-electron chi connectivity index (χ3n) is 2.01. The van der Waals surface area contributed by atoms with E-state index in [4.69, 9.17) is 18.3 Å². The Labute approximate surface area is 79.7 Å². The molecule has 1 aliphatic heterocycles. The third kappa shape index (κ3) is 3.20. The second-order valence-electron chi connectivity index (χ2n) is 2.89. The van der Waals surface area contributed by atoms with E-state index in [9.17, 15) is 0 Å². The van der Waals surface area contributed by atoms with Gasteiger partial charge in [-0.1, -0.05) is 0 Å². The lowest BCUT2D eigenvalue weighted by Crippen LogP contribution is -2.44. The number of rotatable bonds is 7. The van der Waals surface area contributed by atoms with E-state index >= 15 is 0 Å². The van der Waals surface area contributed by atoms with Crippen LogP contribution in [0.4, 0.5) is 0 Å². The molecule has 0 amide bonds. The Bertz CT molecular complexity index is 166. The van der Waals surface area contributed by atoms with Crippen LogP contribution in [0.25, 0.3) is 0 Å². The van der Waals surface area contributed by atoms with Gasteiger partial charge in [-0.3, -0.25) is 0 Å². The summed E-state index contributed by atoms with van der Waals surface area (Å²) >= 11 is 0. The topological polar surface area (TPSA) is 40.2 Å². The summed E-state index contributed by atoms with van der Waals surface area (Å²) in [6.07, 6.45) is 0.758. The van der Waals surface area contributed by atoms with Crippen LogP contribution in [0.5, 0.6) is 0 Å². The molecule has 0 spiro atoms. The van der Waals surface area contributed by atoms with E-state index in [-0.39, 0.29) is 6.10 Å². The van der Waals surface area contributed by atoms with Crippen molar-refractivity contribution >= 4 is 8.56 Å². The van der Waals surface area contributed by atoms with Crippen LogP contribution in [0.3, 0.4) is 0 Å². The van der Waals surface area contributed by atoms with E-state index in [1.807, 2.05) is 0 Å². The third-order valence-corrected chi connectivity index (χ3v) is 4.62. The minimum absolute atomic E-state index is 0.283. The quantitative estimate of drug-likeness (QED) is 0.444. The van der Waals surface area contributed by atoms with Crippen molar-refractivity contribution in [2.75, 3.05) is 33.7 Å². The standard InChI is InChI=1S/C8H16O4Si/c1-4-13(9-2,10-3)7-11-5-8-6-12-8/h4,8H,1,5-7H2,2-3H3. The maximum Gasteiger partial charge on any atom is 0.390 e. The lowest BCUT2D eigenvalue weighted by atomic mass is 10.5. The zero-order valence-corrected chi connectivity index (χ0v) is 9.12. The predicted molar refractivity (Wildman–Crippen MR) is 50.5 cm³/mol. The molecule has 76 valence electrons. The molecule has 1 aliphatic rings. The normalized spacial score (nSPS) is 21.5. The fourth-order valence-electron chi connectivity index (χ4n) is 0.924. The first-order valence-electron chi connectivity index (χ1n) is 4.19. The zero-order chi connectivity index (χ0) is 9.73. The molecular formula is C8H16O4Si. The second-order valence-corrected chi connectivity index (χ2v) is 6.03. The summed E-state index contributed by atoms with van der Waals surface area (Å²) in [5.41, 5.74) is 1.72. The van der Waals surface area contributed by atoms with Crippen molar-refractivity contribution < 1.29 is 18.3 Å². The van der Waals surface area contributed by atoms with E-state index in [1.54, 1.807) is 19.9 Å². The fraction of sp³-hybridized carbons (Fsp3) is 0.750. The zero-order valence-electron chi connectivity index (χ0n) is 8.12. The van der Waals surface area contributed by atoms with Crippen LogP contribution in [-0.2, 0) is 18.3 Å². The molecule has 0 aromatic rings. The largest absolute Gasteiger partial charge is 0.393 e. The Morgan fingerprint density at radius 2 is 2.15 bits per heavy atom. The van der Waals surface area contributed by atoms with Gasteiger partial charge in [-0.05, 0) is 5.70 Å². The highest BCUT2D eigenvalue weighted by Crippen LogP contribution is 2.11. The van der Waals surface area contributed by atoms with E-state index in [0.717, 1.165) is 6.61 Å². The minimum Gasteiger partial charge on any atom is -0.393 e. The Morgan fingerprint density at radius 3 is 2.54 bits per heavy atom. The number of ether oxygens (including phenoxy) is 2. The summed E-state index contributed by atoms with van der Waals surface area (Å²) in [4.78, 5) is 0. The summed E-state index contributed by atoms with van der Waals surface area (Å²) in [7, 11) is 0.969. The van der Waals surface area contributed by atoms with E-state index in [2.05, 4.69) is 6.58 Å². The molecule has 4 nitrogen and oxygen atoms in total. The van der Waals surface area contributed by atoms with Crippen LogP contribution in [-0.4, -0.2) is 48.3 Å². The molecule has 0 radical (unpaired) electrons. The lowest BCUT2D eigenvalue weighted by molar-refractivity contribution is 0.116. The van der Waals surface area contributed by atoms with Gasteiger partial charge in [0.05, 0.1) is 19.4 Å². The summed E-state index contributed by atoms with van der Waals surface area (Å²) in [5.74, 6) is 0. The molecule has 1 rings (SSSR count). The van der Waals surface area contributed by atoms with Gasteiger partial charge in [0.2, 0.25) is 0 Å². The molecule has 0 aliphatic carbocycles.